The van der Waals surface area contributed by atoms with Crippen LogP contribution in [0.15, 0.2) is 82.4 Å². The summed E-state index contributed by atoms with van der Waals surface area (Å²) in [6.45, 7) is 2.17. The lowest BCUT2D eigenvalue weighted by Crippen LogP contribution is -2.30. The van der Waals surface area contributed by atoms with E-state index in [9.17, 15) is 0 Å². The highest BCUT2D eigenvalue weighted by molar-refractivity contribution is 9.10. The van der Waals surface area contributed by atoms with Gasteiger partial charge in [0.2, 0.25) is 0 Å². The smallest absolute Gasteiger partial charge is 0.175 e. The number of rotatable bonds is 6. The van der Waals surface area contributed by atoms with Crippen molar-refractivity contribution in [2.75, 3.05) is 10.9 Å². The zero-order chi connectivity index (χ0) is 26.3. The van der Waals surface area contributed by atoms with Crippen molar-refractivity contribution >= 4 is 61.8 Å². The average Bonchev–Trinajstić information content (AvgIpc) is 3.68. The van der Waals surface area contributed by atoms with Crippen molar-refractivity contribution in [2.45, 2.75) is 44.4 Å². The maximum Gasteiger partial charge on any atom is 0.175 e. The number of benzene rings is 3. The molecular formula is C30H27BrCl2N4S. The fourth-order valence-corrected chi connectivity index (χ4v) is 7.63. The summed E-state index contributed by atoms with van der Waals surface area (Å²) in [6.07, 6.45) is 5.53. The largest absolute Gasteiger partial charge is 0.235 e. The molecule has 4 nitrogen and oxygen atoms in total. The van der Waals surface area contributed by atoms with E-state index >= 15 is 0 Å². The van der Waals surface area contributed by atoms with Gasteiger partial charge in [-0.05, 0) is 55.2 Å². The third-order valence-corrected chi connectivity index (χ3v) is 9.73. The molecule has 0 spiro atoms. The normalized spacial score (nSPS) is 16.7. The number of thioether (sulfide) groups is 1. The Kier molecular flexibility index (Phi) is 7.34. The van der Waals surface area contributed by atoms with Gasteiger partial charge in [0.15, 0.2) is 5.82 Å². The summed E-state index contributed by atoms with van der Waals surface area (Å²) < 4.78 is 2.99. The maximum absolute atomic E-state index is 6.71. The van der Waals surface area contributed by atoms with Gasteiger partial charge in [-0.1, -0.05) is 113 Å². The van der Waals surface area contributed by atoms with Gasteiger partial charge in [0.25, 0.3) is 0 Å². The molecule has 8 heteroatoms. The standard InChI is InChI=1S/C30H27BrCl2N4S/c1-2-24-27(20-10-12-22(31)13-11-20)37(26-15-14-23(32)18-25(26)33)34-28(24)36-19-38-29(35-36)30(16-6-7-17-30)21-8-4-3-5-9-21/h3-5,8-15,18H,2,6-7,16-17,19H2,1H3. The summed E-state index contributed by atoms with van der Waals surface area (Å²) in [5.41, 5.74) is 5.39. The second-order valence-electron chi connectivity index (χ2n) is 9.75. The first kappa shape index (κ1) is 26.0. The Labute approximate surface area is 246 Å². The second-order valence-corrected chi connectivity index (χ2v) is 12.4. The van der Waals surface area contributed by atoms with Crippen LogP contribution in [0.1, 0.15) is 43.7 Å². The van der Waals surface area contributed by atoms with Crippen LogP contribution >= 0.6 is 50.9 Å². The Morgan fingerprint density at radius 3 is 2.39 bits per heavy atom. The lowest BCUT2D eigenvalue weighted by atomic mass is 9.80. The Balaban J connectivity index is 1.49. The molecule has 0 amide bonds. The number of hydrogen-bond donors (Lipinski definition) is 0. The molecule has 6 rings (SSSR count). The Morgan fingerprint density at radius 2 is 1.71 bits per heavy atom. The SMILES string of the molecule is CCc1c(N2CSC(C3(c4ccccc4)CCCC3)=N2)nn(-c2ccc(Cl)cc2Cl)c1-c1ccc(Br)cc1. The van der Waals surface area contributed by atoms with Crippen LogP contribution < -0.4 is 5.01 Å². The van der Waals surface area contributed by atoms with E-state index in [0.29, 0.717) is 10.0 Å². The Hall–Kier alpha value is -2.25. The quantitative estimate of drug-likeness (QED) is 0.214. The molecule has 1 aliphatic carbocycles. The fraction of sp³-hybridized carbons (Fsp3) is 0.267. The number of anilines is 1. The third kappa shape index (κ3) is 4.60. The van der Waals surface area contributed by atoms with E-state index in [1.165, 1.54) is 23.4 Å². The van der Waals surface area contributed by atoms with Crippen LogP contribution in [0.5, 0.6) is 0 Å². The van der Waals surface area contributed by atoms with E-state index in [1.807, 2.05) is 28.6 Å². The molecular weight excluding hydrogens is 599 g/mol. The number of aromatic nitrogens is 2. The number of halogens is 3. The highest BCUT2D eigenvalue weighted by Crippen LogP contribution is 2.48. The van der Waals surface area contributed by atoms with Crippen LogP contribution in [0.3, 0.4) is 0 Å². The van der Waals surface area contributed by atoms with Crippen LogP contribution in [0, 0.1) is 0 Å². The number of nitrogens with zero attached hydrogens (tertiary/aromatic N) is 4. The molecule has 0 saturated heterocycles. The fourth-order valence-electron chi connectivity index (χ4n) is 5.70. The minimum absolute atomic E-state index is 0.0103. The molecule has 0 bridgehead atoms. The van der Waals surface area contributed by atoms with Crippen molar-refractivity contribution in [3.05, 3.63) is 98.4 Å². The van der Waals surface area contributed by atoms with Crippen molar-refractivity contribution in [2.24, 2.45) is 5.10 Å². The van der Waals surface area contributed by atoms with Gasteiger partial charge in [-0.25, -0.2) is 9.69 Å². The predicted octanol–water partition coefficient (Wildman–Crippen LogP) is 9.51. The molecule has 0 unspecified atom stereocenters. The van der Waals surface area contributed by atoms with Crippen molar-refractivity contribution in [3.63, 3.8) is 0 Å². The van der Waals surface area contributed by atoms with E-state index in [1.54, 1.807) is 6.07 Å². The van der Waals surface area contributed by atoms with Crippen molar-refractivity contribution in [1.82, 2.24) is 9.78 Å². The molecule has 1 saturated carbocycles. The Morgan fingerprint density at radius 1 is 0.974 bits per heavy atom. The summed E-state index contributed by atoms with van der Waals surface area (Å²) >= 11 is 18.4. The molecule has 4 aromatic rings. The summed E-state index contributed by atoms with van der Waals surface area (Å²) in [6, 6.07) is 24.8. The summed E-state index contributed by atoms with van der Waals surface area (Å²) in [7, 11) is 0. The van der Waals surface area contributed by atoms with Gasteiger partial charge in [-0.2, -0.15) is 5.10 Å². The third-order valence-electron chi connectivity index (χ3n) is 7.54. The molecule has 0 N–H and O–H groups in total. The van der Waals surface area contributed by atoms with E-state index in [4.69, 9.17) is 33.4 Å². The van der Waals surface area contributed by atoms with Crippen LogP contribution in [0.2, 0.25) is 10.0 Å². The molecule has 1 aliphatic heterocycles. The first-order valence-electron chi connectivity index (χ1n) is 12.9. The van der Waals surface area contributed by atoms with Crippen LogP contribution in [0.4, 0.5) is 5.82 Å². The highest BCUT2D eigenvalue weighted by atomic mass is 79.9. The van der Waals surface area contributed by atoms with Gasteiger partial charge in [-0.15, -0.1) is 5.10 Å². The molecule has 0 atom stereocenters. The molecule has 194 valence electrons. The topological polar surface area (TPSA) is 33.4 Å². The minimum Gasteiger partial charge on any atom is -0.235 e. The van der Waals surface area contributed by atoms with E-state index in [-0.39, 0.29) is 5.41 Å². The zero-order valence-corrected chi connectivity index (χ0v) is 24.9. The first-order valence-corrected chi connectivity index (χ1v) is 15.4. The van der Waals surface area contributed by atoms with Gasteiger partial charge in [-0.3, -0.25) is 0 Å². The second kappa shape index (κ2) is 10.7. The predicted molar refractivity (Wildman–Crippen MR) is 165 cm³/mol. The first-order chi connectivity index (χ1) is 18.5. The maximum atomic E-state index is 6.71. The Bertz CT molecular complexity index is 1490. The summed E-state index contributed by atoms with van der Waals surface area (Å²) in [4.78, 5) is 0. The van der Waals surface area contributed by atoms with Crippen LogP contribution in [-0.2, 0) is 11.8 Å². The zero-order valence-electron chi connectivity index (χ0n) is 21.0. The summed E-state index contributed by atoms with van der Waals surface area (Å²) in [5, 5.41) is 14.9. The van der Waals surface area contributed by atoms with Gasteiger partial charge in [0, 0.05) is 26.0 Å². The van der Waals surface area contributed by atoms with Gasteiger partial charge in [0.1, 0.15) is 5.04 Å². The highest BCUT2D eigenvalue weighted by Gasteiger charge is 2.43. The van der Waals surface area contributed by atoms with Crippen molar-refractivity contribution in [3.8, 4) is 16.9 Å². The monoisotopic (exact) mass is 624 g/mol. The molecule has 3 aromatic carbocycles. The molecule has 2 heterocycles. The summed E-state index contributed by atoms with van der Waals surface area (Å²) in [5.74, 6) is 1.61. The number of hydrogen-bond acceptors (Lipinski definition) is 4. The molecule has 38 heavy (non-hydrogen) atoms. The van der Waals surface area contributed by atoms with E-state index < -0.39 is 0 Å². The van der Waals surface area contributed by atoms with Gasteiger partial charge in [0.05, 0.1) is 22.3 Å². The molecule has 1 fully saturated rings. The molecule has 2 aliphatic rings. The lowest BCUT2D eigenvalue weighted by Gasteiger charge is -2.28. The molecule has 0 radical (unpaired) electrons. The number of hydrazone groups is 1. The average molecular weight is 626 g/mol. The minimum atomic E-state index is -0.0103. The van der Waals surface area contributed by atoms with Gasteiger partial charge >= 0.3 is 0 Å². The van der Waals surface area contributed by atoms with Crippen molar-refractivity contribution < 1.29 is 0 Å². The van der Waals surface area contributed by atoms with E-state index in [2.05, 4.69) is 82.5 Å². The van der Waals surface area contributed by atoms with Crippen LogP contribution in [-0.4, -0.2) is 20.7 Å². The van der Waals surface area contributed by atoms with Crippen molar-refractivity contribution in [1.29, 1.82) is 0 Å². The molecule has 1 aromatic heterocycles. The van der Waals surface area contributed by atoms with Gasteiger partial charge < -0.3 is 0 Å². The lowest BCUT2D eigenvalue weighted by molar-refractivity contribution is 0.606. The van der Waals surface area contributed by atoms with Crippen LogP contribution in [0.25, 0.3) is 16.9 Å². The van der Waals surface area contributed by atoms with E-state index in [0.717, 1.165) is 57.9 Å².